The Morgan fingerprint density at radius 2 is 1.57 bits per heavy atom. The van der Waals surface area contributed by atoms with Crippen LogP contribution in [0.5, 0.6) is 0 Å². The number of nitrogens with one attached hydrogen (secondary N) is 1. The summed E-state index contributed by atoms with van der Waals surface area (Å²) in [5.41, 5.74) is -1.74. The smallest absolute Gasteiger partial charge is 0.416 e. The first-order valence-corrected chi connectivity index (χ1v) is 7.71. The third-order valence-corrected chi connectivity index (χ3v) is 4.56. The van der Waals surface area contributed by atoms with Gasteiger partial charge in [0.1, 0.15) is 4.75 Å². The fourth-order valence-corrected chi connectivity index (χ4v) is 2.63. The van der Waals surface area contributed by atoms with Gasteiger partial charge < -0.3 is 4.55 Å². The monoisotopic (exact) mass is 361 g/mol. The van der Waals surface area contributed by atoms with Gasteiger partial charge in [-0.3, -0.25) is 0 Å². The molecule has 132 valence electrons. The van der Waals surface area contributed by atoms with Gasteiger partial charge in [0.2, 0.25) is 0 Å². The Balaban J connectivity index is 3.22. The molecule has 0 aromatic heterocycles. The second kappa shape index (κ2) is 6.52. The van der Waals surface area contributed by atoms with Crippen LogP contribution in [-0.4, -0.2) is 15.5 Å². The van der Waals surface area contributed by atoms with Crippen molar-refractivity contribution in [3.8, 4) is 0 Å². The van der Waals surface area contributed by atoms with Crippen molar-refractivity contribution in [2.75, 3.05) is 0 Å². The van der Waals surface area contributed by atoms with Gasteiger partial charge in [-0.1, -0.05) is 12.1 Å². The zero-order valence-corrected chi connectivity index (χ0v) is 13.7. The summed E-state index contributed by atoms with van der Waals surface area (Å²) in [7, 11) is 0. The number of rotatable bonds is 3. The van der Waals surface area contributed by atoms with Gasteiger partial charge in [-0.05, 0) is 44.9 Å². The topological polar surface area (TPSA) is 35.1 Å². The summed E-state index contributed by atoms with van der Waals surface area (Å²) >= 11 is -2.04. The molecule has 0 saturated heterocycles. The first kappa shape index (κ1) is 20.1. The van der Waals surface area contributed by atoms with Crippen LogP contribution >= 0.6 is 0 Å². The highest BCUT2D eigenvalue weighted by Gasteiger charge is 2.46. The molecule has 0 unspecified atom stereocenters. The van der Waals surface area contributed by atoms with Crippen molar-refractivity contribution in [2.24, 2.45) is 0 Å². The third kappa shape index (κ3) is 5.29. The summed E-state index contributed by atoms with van der Waals surface area (Å²) in [5.74, 6) is 0. The molecule has 0 radical (unpaired) electrons. The number of benzene rings is 1. The number of aryl methyl sites for hydroxylation is 1. The Hall–Kier alpha value is -0.930. The molecule has 0 amide bonds. The van der Waals surface area contributed by atoms with Gasteiger partial charge in [0.05, 0.1) is 5.56 Å². The summed E-state index contributed by atoms with van der Waals surface area (Å²) in [4.78, 5) is 0. The third-order valence-electron chi connectivity index (χ3n) is 3.00. The number of alkyl halides is 6. The first-order valence-electron chi connectivity index (χ1n) is 6.56. The Morgan fingerprint density at radius 3 is 1.91 bits per heavy atom. The zero-order valence-electron chi connectivity index (χ0n) is 12.9. The largest absolute Gasteiger partial charge is 0.598 e. The number of hydrogen-bond acceptors (Lipinski definition) is 2. The molecule has 2 nitrogen and oxygen atoms in total. The average molecular weight is 361 g/mol. The van der Waals surface area contributed by atoms with Crippen LogP contribution in [0.2, 0.25) is 0 Å². The quantitative estimate of drug-likeness (QED) is 0.627. The van der Waals surface area contributed by atoms with Crippen molar-refractivity contribution in [3.05, 3.63) is 34.9 Å². The molecule has 9 heteroatoms. The molecule has 2 atom stereocenters. The SMILES string of the molecule is Cc1cc([C@@H](N[S@@+]([O-])C(C)(C)C)C(F)(F)F)ccc1C(F)(F)F. The molecule has 0 saturated carbocycles. The molecule has 0 heterocycles. The second-order valence-electron chi connectivity index (χ2n) is 6.05. The van der Waals surface area contributed by atoms with E-state index in [4.69, 9.17) is 0 Å². The summed E-state index contributed by atoms with van der Waals surface area (Å²) in [6.07, 6.45) is -9.44. The van der Waals surface area contributed by atoms with Crippen molar-refractivity contribution >= 4 is 11.4 Å². The van der Waals surface area contributed by atoms with Crippen molar-refractivity contribution in [1.82, 2.24) is 4.72 Å². The zero-order chi connectivity index (χ0) is 18.2. The fourth-order valence-electron chi connectivity index (χ4n) is 1.79. The van der Waals surface area contributed by atoms with Gasteiger partial charge in [0, 0.05) is 11.4 Å². The Kier molecular flexibility index (Phi) is 5.71. The molecule has 1 aromatic carbocycles. The van der Waals surface area contributed by atoms with Crippen LogP contribution < -0.4 is 4.72 Å². The van der Waals surface area contributed by atoms with E-state index in [-0.39, 0.29) is 5.56 Å². The van der Waals surface area contributed by atoms with E-state index in [0.29, 0.717) is 6.07 Å². The van der Waals surface area contributed by atoms with Crippen LogP contribution in [0.25, 0.3) is 0 Å². The molecule has 1 aromatic rings. The predicted molar refractivity (Wildman–Crippen MR) is 76.0 cm³/mol. The molecule has 1 rings (SSSR count). The highest BCUT2D eigenvalue weighted by Crippen LogP contribution is 2.38. The van der Waals surface area contributed by atoms with Crippen LogP contribution in [0.3, 0.4) is 0 Å². The lowest BCUT2D eigenvalue weighted by atomic mass is 10.0. The average Bonchev–Trinajstić information content (AvgIpc) is 2.31. The standard InChI is InChI=1S/C14H17F6NOS/c1-8-7-9(5-6-10(8)13(15,16)17)11(14(18,19)20)21-23(22)12(2,3)4/h5-7,11,21H,1-4H3/t11-,23+/m1/s1. The highest BCUT2D eigenvalue weighted by atomic mass is 32.2. The van der Waals surface area contributed by atoms with Gasteiger partial charge in [0.15, 0.2) is 6.04 Å². The maximum absolute atomic E-state index is 13.2. The van der Waals surface area contributed by atoms with E-state index in [9.17, 15) is 30.9 Å². The minimum absolute atomic E-state index is 0.326. The van der Waals surface area contributed by atoms with E-state index in [0.717, 1.165) is 19.1 Å². The summed E-state index contributed by atoms with van der Waals surface area (Å²) < 4.78 is 90.6. The summed E-state index contributed by atoms with van der Waals surface area (Å²) in [6, 6.07) is -0.150. The molecular formula is C14H17F6NOS. The van der Waals surface area contributed by atoms with Crippen LogP contribution in [0.1, 0.15) is 43.5 Å². The lowest BCUT2D eigenvalue weighted by Gasteiger charge is -2.29. The van der Waals surface area contributed by atoms with E-state index in [1.807, 2.05) is 4.72 Å². The van der Waals surface area contributed by atoms with Gasteiger partial charge in [-0.15, -0.1) is 4.72 Å². The molecule has 0 aliphatic rings. The number of hydrogen-bond donors (Lipinski definition) is 1. The fraction of sp³-hybridized carbons (Fsp3) is 0.571. The Bertz CT molecular complexity index is 550. The van der Waals surface area contributed by atoms with Crippen molar-refractivity contribution in [3.63, 3.8) is 0 Å². The molecular weight excluding hydrogens is 344 g/mol. The summed E-state index contributed by atoms with van der Waals surface area (Å²) in [6.45, 7) is 5.55. The van der Waals surface area contributed by atoms with Crippen LogP contribution in [0.4, 0.5) is 26.3 Å². The van der Waals surface area contributed by atoms with Crippen molar-refractivity contribution in [2.45, 2.75) is 50.8 Å². The predicted octanol–water partition coefficient (Wildman–Crippen LogP) is 4.67. The second-order valence-corrected chi connectivity index (χ2v) is 8.04. The minimum Gasteiger partial charge on any atom is -0.598 e. The van der Waals surface area contributed by atoms with E-state index in [2.05, 4.69) is 0 Å². The van der Waals surface area contributed by atoms with Crippen molar-refractivity contribution in [1.29, 1.82) is 0 Å². The maximum atomic E-state index is 13.2. The van der Waals surface area contributed by atoms with E-state index in [1.54, 1.807) is 0 Å². The Labute approximate surface area is 133 Å². The summed E-state index contributed by atoms with van der Waals surface area (Å²) in [5, 5.41) is 0. The van der Waals surface area contributed by atoms with Gasteiger partial charge in [-0.25, -0.2) is 0 Å². The Morgan fingerprint density at radius 1 is 1.04 bits per heavy atom. The number of halogens is 6. The molecule has 23 heavy (non-hydrogen) atoms. The first-order chi connectivity index (χ1) is 10.1. The lowest BCUT2D eigenvalue weighted by Crippen LogP contribution is -2.45. The molecule has 0 spiro atoms. The maximum Gasteiger partial charge on any atom is 0.416 e. The molecule has 0 bridgehead atoms. The van der Waals surface area contributed by atoms with Gasteiger partial charge in [-0.2, -0.15) is 26.3 Å². The minimum atomic E-state index is -4.80. The molecule has 1 N–H and O–H groups in total. The van der Waals surface area contributed by atoms with Crippen LogP contribution in [-0.2, 0) is 17.5 Å². The lowest BCUT2D eigenvalue weighted by molar-refractivity contribution is -0.153. The van der Waals surface area contributed by atoms with Gasteiger partial charge in [0.25, 0.3) is 0 Å². The van der Waals surface area contributed by atoms with Crippen LogP contribution in [0.15, 0.2) is 18.2 Å². The van der Waals surface area contributed by atoms with E-state index in [1.165, 1.54) is 20.8 Å². The van der Waals surface area contributed by atoms with Gasteiger partial charge >= 0.3 is 12.4 Å². The van der Waals surface area contributed by atoms with Crippen molar-refractivity contribution < 1.29 is 30.9 Å². The van der Waals surface area contributed by atoms with E-state index < -0.39 is 45.6 Å². The molecule has 0 fully saturated rings. The highest BCUT2D eigenvalue weighted by molar-refractivity contribution is 7.90. The normalized spacial score (nSPS) is 16.3. The van der Waals surface area contributed by atoms with Crippen LogP contribution in [0, 0.1) is 6.92 Å². The van der Waals surface area contributed by atoms with E-state index >= 15 is 0 Å². The molecule has 0 aliphatic heterocycles. The molecule has 0 aliphatic carbocycles.